The van der Waals surface area contributed by atoms with Crippen LogP contribution in [0.25, 0.3) is 11.5 Å². The summed E-state index contributed by atoms with van der Waals surface area (Å²) < 4.78 is 33.2. The third-order valence-corrected chi connectivity index (χ3v) is 4.43. The van der Waals surface area contributed by atoms with Crippen LogP contribution < -0.4 is 4.72 Å². The largest absolute Gasteiger partial charge is 0.339 e. The highest BCUT2D eigenvalue weighted by Crippen LogP contribution is 2.16. The monoisotopic (exact) mass is 333 g/mol. The molecule has 0 saturated carbocycles. The van der Waals surface area contributed by atoms with Crippen LogP contribution in [-0.4, -0.2) is 34.7 Å². The Morgan fingerprint density at radius 3 is 2.74 bits per heavy atom. The molecule has 0 unspecified atom stereocenters. The summed E-state index contributed by atoms with van der Waals surface area (Å²) in [5.74, 6) is 0.848. The van der Waals surface area contributed by atoms with Crippen LogP contribution in [0.4, 0.5) is 0 Å². The number of sulfonamides is 1. The maximum absolute atomic E-state index is 12.0. The van der Waals surface area contributed by atoms with E-state index in [1.165, 1.54) is 12.5 Å². The lowest BCUT2D eigenvalue weighted by molar-refractivity contribution is 0.422. The van der Waals surface area contributed by atoms with Crippen LogP contribution in [0, 0.1) is 0 Å². The molecule has 0 amide bonds. The first-order valence-corrected chi connectivity index (χ1v) is 8.38. The molecule has 0 bridgehead atoms. The van der Waals surface area contributed by atoms with Gasteiger partial charge in [-0.25, -0.2) is 18.1 Å². The summed E-state index contributed by atoms with van der Waals surface area (Å²) in [5.41, 5.74) is 0.820. The number of hydrogen-bond acceptors (Lipinski definition) is 6. The molecule has 8 nitrogen and oxygen atoms in total. The summed E-state index contributed by atoms with van der Waals surface area (Å²) in [6, 6.07) is 9.37. The van der Waals surface area contributed by atoms with Gasteiger partial charge in [0.2, 0.25) is 0 Å². The van der Waals surface area contributed by atoms with Crippen LogP contribution in [-0.2, 0) is 23.5 Å². The Hall–Kier alpha value is -2.52. The van der Waals surface area contributed by atoms with Crippen LogP contribution in [0.5, 0.6) is 0 Å². The highest BCUT2D eigenvalue weighted by molar-refractivity contribution is 7.89. The molecule has 120 valence electrons. The third kappa shape index (κ3) is 3.63. The number of aryl methyl sites for hydroxylation is 1. The van der Waals surface area contributed by atoms with Gasteiger partial charge in [0.05, 0.1) is 6.33 Å². The summed E-state index contributed by atoms with van der Waals surface area (Å²) in [4.78, 5) is 8.06. The van der Waals surface area contributed by atoms with Gasteiger partial charge in [-0.3, -0.25) is 0 Å². The van der Waals surface area contributed by atoms with Crippen LogP contribution in [0.3, 0.4) is 0 Å². The number of nitrogens with one attached hydrogen (secondary N) is 1. The van der Waals surface area contributed by atoms with E-state index in [4.69, 9.17) is 4.52 Å². The van der Waals surface area contributed by atoms with Crippen molar-refractivity contribution < 1.29 is 12.9 Å². The highest BCUT2D eigenvalue weighted by atomic mass is 32.2. The second-order valence-corrected chi connectivity index (χ2v) is 6.62. The third-order valence-electron chi connectivity index (χ3n) is 3.09. The predicted octanol–water partition coefficient (Wildman–Crippen LogP) is 0.991. The fraction of sp³-hybridized carbons (Fsp3) is 0.214. The van der Waals surface area contributed by atoms with Gasteiger partial charge in [-0.15, -0.1) is 0 Å². The first-order valence-electron chi connectivity index (χ1n) is 6.90. The minimum absolute atomic E-state index is 0.0157. The van der Waals surface area contributed by atoms with Crippen LogP contribution in [0.15, 0.2) is 52.4 Å². The summed E-state index contributed by atoms with van der Waals surface area (Å²) >= 11 is 0. The van der Waals surface area contributed by atoms with Gasteiger partial charge in [-0.05, 0) is 12.1 Å². The molecular weight excluding hydrogens is 318 g/mol. The smallest absolute Gasteiger partial charge is 0.259 e. The van der Waals surface area contributed by atoms with E-state index in [1.54, 1.807) is 11.6 Å². The van der Waals surface area contributed by atoms with Crippen molar-refractivity contribution >= 4 is 10.0 Å². The zero-order valence-electron chi connectivity index (χ0n) is 12.4. The summed E-state index contributed by atoms with van der Waals surface area (Å²) in [6.45, 7) is 0.159. The molecular formula is C14H15N5O3S. The van der Waals surface area contributed by atoms with E-state index in [0.29, 0.717) is 18.1 Å². The molecule has 9 heteroatoms. The second-order valence-electron chi connectivity index (χ2n) is 4.91. The van der Waals surface area contributed by atoms with E-state index in [1.807, 2.05) is 30.3 Å². The van der Waals surface area contributed by atoms with Crippen LogP contribution >= 0.6 is 0 Å². The number of nitrogens with zero attached hydrogens (tertiary/aromatic N) is 4. The van der Waals surface area contributed by atoms with Crippen molar-refractivity contribution in [1.82, 2.24) is 24.4 Å². The molecule has 23 heavy (non-hydrogen) atoms. The van der Waals surface area contributed by atoms with Crippen LogP contribution in [0.1, 0.15) is 5.82 Å². The lowest BCUT2D eigenvalue weighted by Gasteiger charge is -2.01. The van der Waals surface area contributed by atoms with Gasteiger partial charge in [-0.2, -0.15) is 4.98 Å². The Balaban J connectivity index is 1.60. The molecule has 2 aromatic heterocycles. The molecule has 1 aromatic carbocycles. The summed E-state index contributed by atoms with van der Waals surface area (Å²) in [7, 11) is -1.92. The molecule has 0 aliphatic heterocycles. The number of aromatic nitrogens is 4. The molecule has 2 heterocycles. The van der Waals surface area contributed by atoms with E-state index in [0.717, 1.165) is 5.56 Å². The molecule has 3 rings (SSSR count). The van der Waals surface area contributed by atoms with Crippen molar-refractivity contribution in [2.75, 3.05) is 6.54 Å². The normalized spacial score (nSPS) is 11.7. The van der Waals surface area contributed by atoms with Gasteiger partial charge in [0.25, 0.3) is 15.9 Å². The zero-order valence-corrected chi connectivity index (χ0v) is 13.2. The molecule has 0 fully saturated rings. The van der Waals surface area contributed by atoms with Crippen molar-refractivity contribution in [3.05, 3.63) is 48.7 Å². The van der Waals surface area contributed by atoms with Gasteiger partial charge in [0, 0.05) is 31.8 Å². The van der Waals surface area contributed by atoms with Gasteiger partial charge in [-0.1, -0.05) is 23.4 Å². The Labute approximate surface area is 133 Å². The standard InChI is InChI=1S/C14H15N5O3S/c1-19-9-13(15-10-19)23(20,21)16-8-7-12-17-14(22-18-12)11-5-3-2-4-6-11/h2-6,9-10,16H,7-8H2,1H3. The molecule has 0 atom stereocenters. The lowest BCUT2D eigenvalue weighted by Crippen LogP contribution is -2.26. The number of hydrogen-bond donors (Lipinski definition) is 1. The molecule has 0 aliphatic carbocycles. The van der Waals surface area contributed by atoms with Crippen molar-refractivity contribution in [2.24, 2.45) is 7.05 Å². The average Bonchev–Trinajstić information content (AvgIpc) is 3.17. The van der Waals surface area contributed by atoms with Gasteiger partial charge in [0.15, 0.2) is 10.9 Å². The fourth-order valence-electron chi connectivity index (χ4n) is 1.95. The predicted molar refractivity (Wildman–Crippen MR) is 81.8 cm³/mol. The Kier molecular flexibility index (Phi) is 4.22. The summed E-state index contributed by atoms with van der Waals surface area (Å²) in [6.07, 6.45) is 3.19. The maximum atomic E-state index is 12.0. The Morgan fingerprint density at radius 2 is 2.04 bits per heavy atom. The minimum Gasteiger partial charge on any atom is -0.339 e. The Bertz CT molecular complexity index is 886. The van der Waals surface area contributed by atoms with E-state index in [-0.39, 0.29) is 11.6 Å². The zero-order chi connectivity index (χ0) is 16.3. The highest BCUT2D eigenvalue weighted by Gasteiger charge is 2.17. The molecule has 3 aromatic rings. The number of imidazole rings is 1. The molecule has 0 aliphatic rings. The molecule has 0 spiro atoms. The molecule has 0 radical (unpaired) electrons. The first kappa shape index (κ1) is 15.4. The quantitative estimate of drug-likeness (QED) is 0.721. The topological polar surface area (TPSA) is 103 Å². The lowest BCUT2D eigenvalue weighted by atomic mass is 10.2. The van der Waals surface area contributed by atoms with Gasteiger partial charge in [0.1, 0.15) is 0 Å². The van der Waals surface area contributed by atoms with Gasteiger partial charge < -0.3 is 9.09 Å². The average molecular weight is 333 g/mol. The Morgan fingerprint density at radius 1 is 1.26 bits per heavy atom. The number of rotatable bonds is 6. The first-order chi connectivity index (χ1) is 11.0. The van der Waals surface area contributed by atoms with Crippen molar-refractivity contribution in [3.8, 4) is 11.5 Å². The van der Waals surface area contributed by atoms with E-state index < -0.39 is 10.0 Å². The maximum Gasteiger partial charge on any atom is 0.259 e. The van der Waals surface area contributed by atoms with E-state index >= 15 is 0 Å². The fourth-order valence-corrected chi connectivity index (χ4v) is 2.96. The number of benzene rings is 1. The van der Waals surface area contributed by atoms with Crippen molar-refractivity contribution in [3.63, 3.8) is 0 Å². The van der Waals surface area contributed by atoms with Crippen LogP contribution in [0.2, 0.25) is 0 Å². The summed E-state index contributed by atoms with van der Waals surface area (Å²) in [5, 5.41) is 3.83. The molecule has 1 N–H and O–H groups in total. The van der Waals surface area contributed by atoms with Crippen molar-refractivity contribution in [2.45, 2.75) is 11.4 Å². The van der Waals surface area contributed by atoms with E-state index in [9.17, 15) is 8.42 Å². The molecule has 0 saturated heterocycles. The minimum atomic E-state index is -3.62. The second kappa shape index (κ2) is 6.31. The van der Waals surface area contributed by atoms with Gasteiger partial charge >= 0.3 is 0 Å². The van der Waals surface area contributed by atoms with E-state index in [2.05, 4.69) is 19.8 Å². The van der Waals surface area contributed by atoms with Crippen molar-refractivity contribution in [1.29, 1.82) is 0 Å². The SMILES string of the molecule is Cn1cnc(S(=O)(=O)NCCc2noc(-c3ccccc3)n2)c1.